The van der Waals surface area contributed by atoms with Crippen molar-refractivity contribution in [3.05, 3.63) is 29.8 Å². The van der Waals surface area contributed by atoms with Gasteiger partial charge in [-0.05, 0) is 43.4 Å². The summed E-state index contributed by atoms with van der Waals surface area (Å²) in [5.74, 6) is 0.534. The molecule has 0 radical (unpaired) electrons. The predicted octanol–water partition coefficient (Wildman–Crippen LogP) is 3.00. The fourth-order valence-corrected chi connectivity index (χ4v) is 3.81. The first kappa shape index (κ1) is 14.0. The summed E-state index contributed by atoms with van der Waals surface area (Å²) in [5.41, 5.74) is 1.08. The number of halogens is 1. The van der Waals surface area contributed by atoms with Crippen molar-refractivity contribution in [1.29, 1.82) is 0 Å². The van der Waals surface area contributed by atoms with Gasteiger partial charge < -0.3 is 0 Å². The van der Waals surface area contributed by atoms with Crippen LogP contribution < -0.4 is 0 Å². The number of rotatable bonds is 5. The van der Waals surface area contributed by atoms with Crippen LogP contribution in [-0.2, 0) is 15.4 Å². The first-order chi connectivity index (χ1) is 8.46. The molecule has 1 aromatic carbocycles. The minimum atomic E-state index is -3.35. The maximum Gasteiger partial charge on any atom is 0.243 e. The predicted molar refractivity (Wildman–Crippen MR) is 76.2 cm³/mol. The second kappa shape index (κ2) is 5.31. The molecular weight excluding hydrogens is 314 g/mol. The Bertz CT molecular complexity index is 508. The molecule has 0 N–H and O–H groups in total. The molecular formula is C13H18BrNO2S. The van der Waals surface area contributed by atoms with Gasteiger partial charge in [-0.2, -0.15) is 4.31 Å². The lowest BCUT2D eigenvalue weighted by molar-refractivity contribution is 0.357. The summed E-state index contributed by atoms with van der Waals surface area (Å²) in [7, 11) is -1.67. The fraction of sp³-hybridized carbons (Fsp3) is 0.538. The van der Waals surface area contributed by atoms with E-state index < -0.39 is 10.0 Å². The number of hydrogen-bond donors (Lipinski definition) is 0. The van der Waals surface area contributed by atoms with Crippen LogP contribution >= 0.6 is 15.9 Å². The Hall–Kier alpha value is -0.390. The number of alkyl halides is 1. The third-order valence-electron chi connectivity index (χ3n) is 3.63. The molecule has 18 heavy (non-hydrogen) atoms. The zero-order valence-corrected chi connectivity index (χ0v) is 13.0. The van der Waals surface area contributed by atoms with Gasteiger partial charge in [0.15, 0.2) is 0 Å². The number of nitrogens with zero attached hydrogens (tertiary/aromatic N) is 1. The largest absolute Gasteiger partial charge is 0.243 e. The highest BCUT2D eigenvalue weighted by Crippen LogP contribution is 2.36. The van der Waals surface area contributed by atoms with Gasteiger partial charge in [-0.15, -0.1) is 0 Å². The van der Waals surface area contributed by atoms with E-state index in [0.717, 1.165) is 23.7 Å². The summed E-state index contributed by atoms with van der Waals surface area (Å²) in [5, 5.41) is 0.738. The van der Waals surface area contributed by atoms with Crippen molar-refractivity contribution < 1.29 is 8.42 Å². The maximum atomic E-state index is 12.4. The summed E-state index contributed by atoms with van der Waals surface area (Å²) in [6.07, 6.45) is 2.28. The third-order valence-corrected chi connectivity index (χ3v) is 6.24. The van der Waals surface area contributed by atoms with E-state index in [1.165, 1.54) is 4.31 Å². The van der Waals surface area contributed by atoms with Crippen LogP contribution in [0, 0.1) is 5.92 Å². The van der Waals surface area contributed by atoms with Crippen LogP contribution in [0.15, 0.2) is 29.2 Å². The number of benzene rings is 1. The summed E-state index contributed by atoms with van der Waals surface area (Å²) < 4.78 is 26.3. The molecule has 0 spiro atoms. The van der Waals surface area contributed by atoms with Crippen molar-refractivity contribution in [3.8, 4) is 0 Å². The number of hydrogen-bond acceptors (Lipinski definition) is 2. The highest BCUT2D eigenvalue weighted by molar-refractivity contribution is 9.08. The highest BCUT2D eigenvalue weighted by Gasteiger charge is 2.35. The van der Waals surface area contributed by atoms with Crippen molar-refractivity contribution in [2.75, 3.05) is 7.05 Å². The van der Waals surface area contributed by atoms with Crippen molar-refractivity contribution in [2.45, 2.75) is 36.0 Å². The fourth-order valence-electron chi connectivity index (χ4n) is 2.01. The van der Waals surface area contributed by atoms with E-state index in [9.17, 15) is 8.42 Å². The van der Waals surface area contributed by atoms with E-state index in [1.807, 2.05) is 19.1 Å². The van der Waals surface area contributed by atoms with Crippen LogP contribution in [0.5, 0.6) is 0 Å². The molecule has 2 rings (SSSR count). The van der Waals surface area contributed by atoms with Crippen molar-refractivity contribution in [2.24, 2.45) is 5.92 Å². The Labute approximate surface area is 117 Å². The molecule has 1 aliphatic rings. The molecule has 0 bridgehead atoms. The summed E-state index contributed by atoms with van der Waals surface area (Å²) in [4.78, 5) is 0.377. The summed E-state index contributed by atoms with van der Waals surface area (Å²) in [6, 6.07) is 7.14. The Morgan fingerprint density at radius 1 is 1.33 bits per heavy atom. The average Bonchev–Trinajstić information content (AvgIpc) is 3.21. The van der Waals surface area contributed by atoms with Crippen LogP contribution in [0.4, 0.5) is 0 Å². The van der Waals surface area contributed by atoms with Gasteiger partial charge in [0.05, 0.1) is 4.90 Å². The van der Waals surface area contributed by atoms with Crippen LogP contribution in [0.2, 0.25) is 0 Å². The first-order valence-corrected chi connectivity index (χ1v) is 8.66. The maximum absolute atomic E-state index is 12.4. The van der Waals surface area contributed by atoms with Crippen molar-refractivity contribution in [1.82, 2.24) is 4.31 Å². The van der Waals surface area contributed by atoms with E-state index in [2.05, 4.69) is 15.9 Å². The summed E-state index contributed by atoms with van der Waals surface area (Å²) >= 11 is 3.35. The molecule has 1 aromatic rings. The molecule has 0 heterocycles. The van der Waals surface area contributed by atoms with Crippen LogP contribution in [0.3, 0.4) is 0 Å². The minimum absolute atomic E-state index is 0.0888. The van der Waals surface area contributed by atoms with Crippen molar-refractivity contribution >= 4 is 26.0 Å². The molecule has 1 unspecified atom stereocenters. The zero-order chi connectivity index (χ0) is 13.3. The summed E-state index contributed by atoms with van der Waals surface area (Å²) in [6.45, 7) is 1.99. The molecule has 1 saturated carbocycles. The molecule has 1 atom stereocenters. The van der Waals surface area contributed by atoms with Gasteiger partial charge in [0.25, 0.3) is 0 Å². The topological polar surface area (TPSA) is 37.4 Å². The smallest absolute Gasteiger partial charge is 0.207 e. The van der Waals surface area contributed by atoms with Crippen LogP contribution in [0.1, 0.15) is 25.3 Å². The Morgan fingerprint density at radius 2 is 1.89 bits per heavy atom. The second-order valence-corrected chi connectivity index (χ2v) is 7.44. The van der Waals surface area contributed by atoms with Crippen molar-refractivity contribution in [3.63, 3.8) is 0 Å². The van der Waals surface area contributed by atoms with E-state index in [0.29, 0.717) is 10.8 Å². The van der Waals surface area contributed by atoms with E-state index in [4.69, 9.17) is 0 Å². The SMILES string of the molecule is CC(C1CC1)N(C)S(=O)(=O)c1ccc(CBr)cc1. The normalized spacial score (nSPS) is 18.0. The molecule has 0 saturated heterocycles. The van der Waals surface area contributed by atoms with Gasteiger partial charge in [0.1, 0.15) is 0 Å². The monoisotopic (exact) mass is 331 g/mol. The molecule has 5 heteroatoms. The second-order valence-electron chi connectivity index (χ2n) is 4.88. The van der Waals surface area contributed by atoms with Crippen LogP contribution in [-0.4, -0.2) is 25.8 Å². The minimum Gasteiger partial charge on any atom is -0.207 e. The lowest BCUT2D eigenvalue weighted by atomic mass is 10.2. The van der Waals surface area contributed by atoms with Crippen LogP contribution in [0.25, 0.3) is 0 Å². The molecule has 3 nitrogen and oxygen atoms in total. The van der Waals surface area contributed by atoms with Gasteiger partial charge in [-0.3, -0.25) is 0 Å². The molecule has 1 fully saturated rings. The van der Waals surface area contributed by atoms with Gasteiger partial charge in [0, 0.05) is 18.4 Å². The third kappa shape index (κ3) is 2.78. The van der Waals surface area contributed by atoms with E-state index in [1.54, 1.807) is 19.2 Å². The van der Waals surface area contributed by atoms with Gasteiger partial charge >= 0.3 is 0 Å². The van der Waals surface area contributed by atoms with Gasteiger partial charge in [0.2, 0.25) is 10.0 Å². The average molecular weight is 332 g/mol. The lowest BCUT2D eigenvalue weighted by Crippen LogP contribution is -2.36. The molecule has 0 aliphatic heterocycles. The van der Waals surface area contributed by atoms with E-state index >= 15 is 0 Å². The Balaban J connectivity index is 2.23. The first-order valence-electron chi connectivity index (χ1n) is 6.09. The zero-order valence-electron chi connectivity index (χ0n) is 10.6. The van der Waals surface area contributed by atoms with Gasteiger partial charge in [-0.25, -0.2) is 8.42 Å². The number of sulfonamides is 1. The Kier molecular flexibility index (Phi) is 4.14. The molecule has 0 amide bonds. The highest BCUT2D eigenvalue weighted by atomic mass is 79.9. The molecule has 0 aromatic heterocycles. The quantitative estimate of drug-likeness (QED) is 0.778. The lowest BCUT2D eigenvalue weighted by Gasteiger charge is -2.24. The standard InChI is InChI=1S/C13H18BrNO2S/c1-10(12-5-6-12)15(2)18(16,17)13-7-3-11(9-14)4-8-13/h3-4,7-8,10,12H,5-6,9H2,1-2H3. The molecule has 1 aliphatic carbocycles. The molecule has 100 valence electrons. The van der Waals surface area contributed by atoms with Gasteiger partial charge in [-0.1, -0.05) is 28.1 Å². The van der Waals surface area contributed by atoms with E-state index in [-0.39, 0.29) is 6.04 Å². The Morgan fingerprint density at radius 3 is 2.33 bits per heavy atom.